The molecular weight excluding hydrogens is 366 g/mol. The number of likely N-dealkylation sites (tertiary alicyclic amines) is 1. The van der Waals surface area contributed by atoms with E-state index in [1.807, 2.05) is 6.07 Å². The predicted octanol–water partition coefficient (Wildman–Crippen LogP) is 4.35. The molecule has 0 aliphatic carbocycles. The van der Waals surface area contributed by atoms with Crippen LogP contribution in [0.1, 0.15) is 33.1 Å². The SMILES string of the molecule is CCCN1CCC(C(C)Nc2ccc(F)cc2I)CC1. The molecule has 1 aromatic rings. The highest BCUT2D eigenvalue weighted by Crippen LogP contribution is 2.26. The van der Waals surface area contributed by atoms with Crippen LogP contribution in [0.3, 0.4) is 0 Å². The van der Waals surface area contributed by atoms with E-state index < -0.39 is 0 Å². The van der Waals surface area contributed by atoms with E-state index in [-0.39, 0.29) is 5.82 Å². The molecule has 0 bridgehead atoms. The fraction of sp³-hybridized carbons (Fsp3) is 0.625. The Balaban J connectivity index is 1.87. The van der Waals surface area contributed by atoms with Crippen LogP contribution in [0, 0.1) is 15.3 Å². The first-order valence-electron chi connectivity index (χ1n) is 7.54. The third kappa shape index (κ3) is 4.32. The molecule has 20 heavy (non-hydrogen) atoms. The Morgan fingerprint density at radius 2 is 2.10 bits per heavy atom. The minimum absolute atomic E-state index is 0.166. The van der Waals surface area contributed by atoms with Gasteiger partial charge in [-0.2, -0.15) is 0 Å². The third-order valence-corrected chi connectivity index (χ3v) is 5.09. The summed E-state index contributed by atoms with van der Waals surface area (Å²) in [6.07, 6.45) is 3.75. The molecule has 0 saturated carbocycles. The molecule has 0 radical (unpaired) electrons. The molecule has 1 aliphatic rings. The lowest BCUT2D eigenvalue weighted by atomic mass is 9.90. The van der Waals surface area contributed by atoms with E-state index in [9.17, 15) is 4.39 Å². The van der Waals surface area contributed by atoms with Gasteiger partial charge in [-0.25, -0.2) is 4.39 Å². The molecule has 1 heterocycles. The molecule has 4 heteroatoms. The molecule has 112 valence electrons. The van der Waals surface area contributed by atoms with Crippen molar-refractivity contribution >= 4 is 28.3 Å². The first-order valence-corrected chi connectivity index (χ1v) is 8.62. The summed E-state index contributed by atoms with van der Waals surface area (Å²) in [4.78, 5) is 2.56. The fourth-order valence-corrected chi connectivity index (χ4v) is 3.60. The minimum Gasteiger partial charge on any atom is -0.381 e. The van der Waals surface area contributed by atoms with Crippen LogP contribution in [0.4, 0.5) is 10.1 Å². The number of benzene rings is 1. The number of halogens is 2. The molecule has 1 fully saturated rings. The number of nitrogens with zero attached hydrogens (tertiary/aromatic N) is 1. The summed E-state index contributed by atoms with van der Waals surface area (Å²) >= 11 is 2.19. The van der Waals surface area contributed by atoms with Crippen molar-refractivity contribution in [2.45, 2.75) is 39.2 Å². The van der Waals surface area contributed by atoms with Crippen LogP contribution in [-0.4, -0.2) is 30.6 Å². The molecule has 0 amide bonds. The van der Waals surface area contributed by atoms with Gasteiger partial charge in [0, 0.05) is 15.3 Å². The summed E-state index contributed by atoms with van der Waals surface area (Å²) in [5.74, 6) is 0.546. The molecule has 2 rings (SSSR count). The van der Waals surface area contributed by atoms with E-state index in [1.54, 1.807) is 6.07 Å². The minimum atomic E-state index is -0.166. The second kappa shape index (κ2) is 7.59. The Morgan fingerprint density at radius 3 is 2.70 bits per heavy atom. The Morgan fingerprint density at radius 1 is 1.40 bits per heavy atom. The van der Waals surface area contributed by atoms with Gasteiger partial charge in [-0.3, -0.25) is 0 Å². The van der Waals surface area contributed by atoms with Gasteiger partial charge in [0.1, 0.15) is 5.82 Å². The van der Waals surface area contributed by atoms with Gasteiger partial charge in [0.05, 0.1) is 0 Å². The molecular formula is C16H24FIN2. The van der Waals surface area contributed by atoms with Crippen molar-refractivity contribution in [2.24, 2.45) is 5.92 Å². The number of anilines is 1. The van der Waals surface area contributed by atoms with Crippen molar-refractivity contribution in [3.05, 3.63) is 27.6 Å². The normalized spacial score (nSPS) is 19.0. The summed E-state index contributed by atoms with van der Waals surface area (Å²) in [6, 6.07) is 5.40. The topological polar surface area (TPSA) is 15.3 Å². The first kappa shape index (κ1) is 16.0. The molecule has 1 unspecified atom stereocenters. The van der Waals surface area contributed by atoms with Gasteiger partial charge in [-0.1, -0.05) is 6.92 Å². The largest absolute Gasteiger partial charge is 0.381 e. The van der Waals surface area contributed by atoms with Crippen molar-refractivity contribution in [3.63, 3.8) is 0 Å². The van der Waals surface area contributed by atoms with Gasteiger partial charge < -0.3 is 10.2 Å². The summed E-state index contributed by atoms with van der Waals surface area (Å²) in [5.41, 5.74) is 1.05. The predicted molar refractivity (Wildman–Crippen MR) is 91.7 cm³/mol. The van der Waals surface area contributed by atoms with Crippen LogP contribution in [0.5, 0.6) is 0 Å². The van der Waals surface area contributed by atoms with Gasteiger partial charge in [-0.05, 0) is 92.5 Å². The number of hydrogen-bond acceptors (Lipinski definition) is 2. The van der Waals surface area contributed by atoms with Crippen LogP contribution in [0.2, 0.25) is 0 Å². The highest BCUT2D eigenvalue weighted by molar-refractivity contribution is 14.1. The van der Waals surface area contributed by atoms with Gasteiger partial charge in [-0.15, -0.1) is 0 Å². The van der Waals surface area contributed by atoms with Crippen LogP contribution in [-0.2, 0) is 0 Å². The second-order valence-electron chi connectivity index (χ2n) is 5.74. The smallest absolute Gasteiger partial charge is 0.124 e. The van der Waals surface area contributed by atoms with Crippen LogP contribution >= 0.6 is 22.6 Å². The van der Waals surface area contributed by atoms with Crippen molar-refractivity contribution in [1.29, 1.82) is 0 Å². The first-order chi connectivity index (χ1) is 9.60. The molecule has 1 atom stereocenters. The average Bonchev–Trinajstić information content (AvgIpc) is 2.43. The average molecular weight is 390 g/mol. The zero-order chi connectivity index (χ0) is 14.5. The zero-order valence-corrected chi connectivity index (χ0v) is 14.5. The van der Waals surface area contributed by atoms with Crippen LogP contribution < -0.4 is 5.32 Å². The Bertz CT molecular complexity index is 430. The monoisotopic (exact) mass is 390 g/mol. The van der Waals surface area contributed by atoms with Crippen molar-refractivity contribution in [2.75, 3.05) is 25.0 Å². The number of rotatable bonds is 5. The van der Waals surface area contributed by atoms with E-state index in [2.05, 4.69) is 46.7 Å². The van der Waals surface area contributed by atoms with Crippen molar-refractivity contribution in [1.82, 2.24) is 4.90 Å². The van der Waals surface area contributed by atoms with Gasteiger partial charge in [0.25, 0.3) is 0 Å². The summed E-state index contributed by atoms with van der Waals surface area (Å²) in [7, 11) is 0. The summed E-state index contributed by atoms with van der Waals surface area (Å²) in [5, 5.41) is 3.56. The lowest BCUT2D eigenvalue weighted by Crippen LogP contribution is -2.39. The number of piperidine rings is 1. The van der Waals surface area contributed by atoms with E-state index in [1.165, 1.54) is 45.0 Å². The maximum atomic E-state index is 13.1. The van der Waals surface area contributed by atoms with Crippen molar-refractivity contribution < 1.29 is 4.39 Å². The van der Waals surface area contributed by atoms with Crippen LogP contribution in [0.15, 0.2) is 18.2 Å². The molecule has 0 spiro atoms. The Kier molecular flexibility index (Phi) is 6.08. The summed E-state index contributed by atoms with van der Waals surface area (Å²) < 4.78 is 14.1. The molecule has 0 aromatic heterocycles. The molecule has 2 nitrogen and oxygen atoms in total. The molecule has 1 N–H and O–H groups in total. The lowest BCUT2D eigenvalue weighted by Gasteiger charge is -2.35. The van der Waals surface area contributed by atoms with Gasteiger partial charge in [0.2, 0.25) is 0 Å². The highest BCUT2D eigenvalue weighted by Gasteiger charge is 2.23. The van der Waals surface area contributed by atoms with Crippen LogP contribution in [0.25, 0.3) is 0 Å². The van der Waals surface area contributed by atoms with Gasteiger partial charge >= 0.3 is 0 Å². The number of hydrogen-bond donors (Lipinski definition) is 1. The van der Waals surface area contributed by atoms with Gasteiger partial charge in [0.15, 0.2) is 0 Å². The van der Waals surface area contributed by atoms with E-state index in [4.69, 9.17) is 0 Å². The Labute approximate surface area is 135 Å². The third-order valence-electron chi connectivity index (χ3n) is 4.19. The molecule has 1 aliphatic heterocycles. The van der Waals surface area contributed by atoms with E-state index in [0.29, 0.717) is 12.0 Å². The molecule has 1 aromatic carbocycles. The van der Waals surface area contributed by atoms with E-state index >= 15 is 0 Å². The molecule has 1 saturated heterocycles. The zero-order valence-electron chi connectivity index (χ0n) is 12.3. The lowest BCUT2D eigenvalue weighted by molar-refractivity contribution is 0.176. The highest BCUT2D eigenvalue weighted by atomic mass is 127. The Hall–Kier alpha value is -0.360. The maximum Gasteiger partial charge on any atom is 0.124 e. The van der Waals surface area contributed by atoms with E-state index in [0.717, 1.165) is 9.26 Å². The maximum absolute atomic E-state index is 13.1. The quantitative estimate of drug-likeness (QED) is 0.752. The van der Waals surface area contributed by atoms with Crippen molar-refractivity contribution in [3.8, 4) is 0 Å². The standard InChI is InChI=1S/C16H24FIN2/c1-3-8-20-9-6-13(7-10-20)12(2)19-16-5-4-14(17)11-15(16)18/h4-5,11-13,19H,3,6-10H2,1-2H3. The second-order valence-corrected chi connectivity index (χ2v) is 6.90. The fourth-order valence-electron chi connectivity index (χ4n) is 2.96. The number of nitrogens with one attached hydrogen (secondary N) is 1. The summed E-state index contributed by atoms with van der Waals surface area (Å²) in [6.45, 7) is 8.15.